The molecule has 0 spiro atoms. The molecule has 0 unspecified atom stereocenters. The molecule has 0 atom stereocenters. The van der Waals surface area contributed by atoms with E-state index in [1.54, 1.807) is 30.9 Å². The first-order valence-corrected chi connectivity index (χ1v) is 9.49. The zero-order valence-corrected chi connectivity index (χ0v) is 17.2. The van der Waals surface area contributed by atoms with Gasteiger partial charge in [-0.15, -0.1) is 11.8 Å². The van der Waals surface area contributed by atoms with Crippen molar-refractivity contribution in [2.24, 2.45) is 0 Å². The number of hydrogen-bond donors (Lipinski definition) is 0. The predicted octanol–water partition coefficient (Wildman–Crippen LogP) is 4.38. The second-order valence-electron chi connectivity index (χ2n) is 6.42. The van der Waals surface area contributed by atoms with E-state index in [4.69, 9.17) is 9.47 Å². The first kappa shape index (κ1) is 20.2. The van der Waals surface area contributed by atoms with Crippen molar-refractivity contribution in [1.29, 1.82) is 0 Å². The number of carbonyl (C=O) groups excluding carboxylic acids is 1. The van der Waals surface area contributed by atoms with Crippen LogP contribution in [0.3, 0.4) is 0 Å². The molecule has 0 aliphatic carbocycles. The molecule has 0 saturated carbocycles. The summed E-state index contributed by atoms with van der Waals surface area (Å²) in [5, 5.41) is 0. The SMILES string of the molecule is COc1cc(C)c(CN(C)C(=O)CSc2ccc(C)c(C)c2)cc1OC. The molecule has 5 heteroatoms. The molecule has 2 aromatic rings. The summed E-state index contributed by atoms with van der Waals surface area (Å²) in [4.78, 5) is 15.4. The largest absolute Gasteiger partial charge is 0.493 e. The summed E-state index contributed by atoms with van der Waals surface area (Å²) in [7, 11) is 5.07. The van der Waals surface area contributed by atoms with Gasteiger partial charge in [0.25, 0.3) is 0 Å². The Balaban J connectivity index is 2.01. The van der Waals surface area contributed by atoms with Crippen molar-refractivity contribution >= 4 is 17.7 Å². The van der Waals surface area contributed by atoms with E-state index in [2.05, 4.69) is 32.0 Å². The van der Waals surface area contributed by atoms with Gasteiger partial charge < -0.3 is 14.4 Å². The summed E-state index contributed by atoms with van der Waals surface area (Å²) in [5.41, 5.74) is 4.64. The van der Waals surface area contributed by atoms with E-state index in [1.807, 2.05) is 26.1 Å². The lowest BCUT2D eigenvalue weighted by Gasteiger charge is -2.20. The third kappa shape index (κ3) is 4.94. The molecule has 140 valence electrons. The van der Waals surface area contributed by atoms with Crippen LogP contribution < -0.4 is 9.47 Å². The van der Waals surface area contributed by atoms with Crippen LogP contribution in [-0.2, 0) is 11.3 Å². The smallest absolute Gasteiger partial charge is 0.232 e. The highest BCUT2D eigenvalue weighted by Crippen LogP contribution is 2.31. The van der Waals surface area contributed by atoms with Gasteiger partial charge in [-0.05, 0) is 67.3 Å². The Kier molecular flexibility index (Phi) is 6.98. The van der Waals surface area contributed by atoms with E-state index in [-0.39, 0.29) is 5.91 Å². The van der Waals surface area contributed by atoms with Crippen LogP contribution in [0.5, 0.6) is 11.5 Å². The number of methoxy groups -OCH3 is 2. The molecule has 0 saturated heterocycles. The van der Waals surface area contributed by atoms with E-state index in [9.17, 15) is 4.79 Å². The van der Waals surface area contributed by atoms with E-state index >= 15 is 0 Å². The van der Waals surface area contributed by atoms with Crippen molar-refractivity contribution in [1.82, 2.24) is 4.90 Å². The highest BCUT2D eigenvalue weighted by atomic mass is 32.2. The average Bonchev–Trinajstić information content (AvgIpc) is 2.63. The molecule has 2 rings (SSSR count). The van der Waals surface area contributed by atoms with Crippen LogP contribution >= 0.6 is 11.8 Å². The molecule has 0 fully saturated rings. The lowest BCUT2D eigenvalue weighted by Crippen LogP contribution is -2.28. The van der Waals surface area contributed by atoms with Crippen molar-refractivity contribution in [3.05, 3.63) is 52.6 Å². The summed E-state index contributed by atoms with van der Waals surface area (Å²) in [6.07, 6.45) is 0. The number of amides is 1. The number of thioether (sulfide) groups is 1. The van der Waals surface area contributed by atoms with Gasteiger partial charge in [0.1, 0.15) is 0 Å². The lowest BCUT2D eigenvalue weighted by molar-refractivity contribution is -0.127. The Morgan fingerprint density at radius 3 is 2.23 bits per heavy atom. The molecule has 0 radical (unpaired) electrons. The second-order valence-corrected chi connectivity index (χ2v) is 7.47. The van der Waals surface area contributed by atoms with Gasteiger partial charge in [0, 0.05) is 18.5 Å². The van der Waals surface area contributed by atoms with Gasteiger partial charge in [0.2, 0.25) is 5.91 Å². The summed E-state index contributed by atoms with van der Waals surface area (Å²) in [6.45, 7) is 6.74. The fraction of sp³-hybridized carbons (Fsp3) is 0.381. The minimum Gasteiger partial charge on any atom is -0.493 e. The third-order valence-electron chi connectivity index (χ3n) is 4.52. The predicted molar refractivity (Wildman–Crippen MR) is 107 cm³/mol. The van der Waals surface area contributed by atoms with Gasteiger partial charge in [-0.3, -0.25) is 4.79 Å². The van der Waals surface area contributed by atoms with Crippen molar-refractivity contribution < 1.29 is 14.3 Å². The molecule has 1 amide bonds. The quantitative estimate of drug-likeness (QED) is 0.675. The maximum Gasteiger partial charge on any atom is 0.232 e. The first-order valence-electron chi connectivity index (χ1n) is 8.51. The van der Waals surface area contributed by atoms with Crippen LogP contribution in [0.25, 0.3) is 0 Å². The van der Waals surface area contributed by atoms with E-state index in [1.165, 1.54) is 11.1 Å². The monoisotopic (exact) mass is 373 g/mol. The number of nitrogens with zero attached hydrogens (tertiary/aromatic N) is 1. The van der Waals surface area contributed by atoms with Gasteiger partial charge in [0.15, 0.2) is 11.5 Å². The van der Waals surface area contributed by atoms with Gasteiger partial charge in [0.05, 0.1) is 20.0 Å². The molecular formula is C21H27NO3S. The first-order chi connectivity index (χ1) is 12.3. The van der Waals surface area contributed by atoms with E-state index in [0.29, 0.717) is 23.8 Å². The Bertz CT molecular complexity index is 789. The van der Waals surface area contributed by atoms with Crippen LogP contribution in [-0.4, -0.2) is 37.8 Å². The molecule has 4 nitrogen and oxygen atoms in total. The molecule has 0 aliphatic heterocycles. The highest BCUT2D eigenvalue weighted by Gasteiger charge is 2.14. The summed E-state index contributed by atoms with van der Waals surface area (Å²) in [5.74, 6) is 1.90. The molecule has 0 heterocycles. The van der Waals surface area contributed by atoms with E-state index < -0.39 is 0 Å². The molecule has 0 aliphatic rings. The standard InChI is InChI=1S/C21H27NO3S/c1-14-7-8-18(9-15(14)2)26-13-21(23)22(4)12-17-11-20(25-6)19(24-5)10-16(17)3/h7-11H,12-13H2,1-6H3. The normalized spacial score (nSPS) is 10.5. The van der Waals surface area contributed by atoms with Crippen LogP contribution in [0.4, 0.5) is 0 Å². The van der Waals surface area contributed by atoms with Gasteiger partial charge in [-0.2, -0.15) is 0 Å². The van der Waals surface area contributed by atoms with Gasteiger partial charge in [-0.25, -0.2) is 0 Å². The minimum atomic E-state index is 0.0995. The molecular weight excluding hydrogens is 346 g/mol. The Morgan fingerprint density at radius 2 is 1.62 bits per heavy atom. The fourth-order valence-electron chi connectivity index (χ4n) is 2.60. The maximum atomic E-state index is 12.5. The topological polar surface area (TPSA) is 38.8 Å². The number of aryl methyl sites for hydroxylation is 3. The number of rotatable bonds is 7. The zero-order valence-electron chi connectivity index (χ0n) is 16.4. The number of benzene rings is 2. The van der Waals surface area contributed by atoms with Gasteiger partial charge >= 0.3 is 0 Å². The zero-order chi connectivity index (χ0) is 19.3. The van der Waals surface area contributed by atoms with Crippen molar-refractivity contribution in [2.75, 3.05) is 27.0 Å². The molecule has 0 aromatic heterocycles. The van der Waals surface area contributed by atoms with Crippen molar-refractivity contribution in [3.63, 3.8) is 0 Å². The fourth-order valence-corrected chi connectivity index (χ4v) is 3.53. The number of hydrogen-bond acceptors (Lipinski definition) is 4. The Labute approximate surface area is 160 Å². The second kappa shape index (κ2) is 8.99. The molecule has 26 heavy (non-hydrogen) atoms. The third-order valence-corrected chi connectivity index (χ3v) is 5.49. The average molecular weight is 374 g/mol. The van der Waals surface area contributed by atoms with Gasteiger partial charge in [-0.1, -0.05) is 6.07 Å². The maximum absolute atomic E-state index is 12.5. The van der Waals surface area contributed by atoms with Crippen LogP contribution in [0.15, 0.2) is 35.2 Å². The highest BCUT2D eigenvalue weighted by molar-refractivity contribution is 8.00. The van der Waals surface area contributed by atoms with E-state index in [0.717, 1.165) is 16.0 Å². The van der Waals surface area contributed by atoms with Crippen molar-refractivity contribution in [2.45, 2.75) is 32.2 Å². The van der Waals surface area contributed by atoms with Crippen LogP contribution in [0.1, 0.15) is 22.3 Å². The molecule has 0 bridgehead atoms. The molecule has 0 N–H and O–H groups in total. The summed E-state index contributed by atoms with van der Waals surface area (Å²) in [6, 6.07) is 10.2. The summed E-state index contributed by atoms with van der Waals surface area (Å²) < 4.78 is 10.7. The summed E-state index contributed by atoms with van der Waals surface area (Å²) >= 11 is 1.57. The minimum absolute atomic E-state index is 0.0995. The lowest BCUT2D eigenvalue weighted by atomic mass is 10.1. The van der Waals surface area contributed by atoms with Crippen LogP contribution in [0, 0.1) is 20.8 Å². The van der Waals surface area contributed by atoms with Crippen LogP contribution in [0.2, 0.25) is 0 Å². The van der Waals surface area contributed by atoms with Crippen molar-refractivity contribution in [3.8, 4) is 11.5 Å². The Morgan fingerprint density at radius 1 is 0.962 bits per heavy atom. The molecule has 2 aromatic carbocycles. The Hall–Kier alpha value is -2.14. The number of ether oxygens (including phenoxy) is 2. The number of carbonyl (C=O) groups is 1.